The first-order valence-corrected chi connectivity index (χ1v) is 6.69. The number of carboxylic acid groups (broad SMARTS) is 1. The highest BCUT2D eigenvalue weighted by molar-refractivity contribution is 5.75. The van der Waals surface area contributed by atoms with E-state index in [1.165, 1.54) is 0 Å². The van der Waals surface area contributed by atoms with Crippen LogP contribution in [0.25, 0.3) is 0 Å². The quantitative estimate of drug-likeness (QED) is 0.719. The van der Waals surface area contributed by atoms with E-state index >= 15 is 0 Å². The summed E-state index contributed by atoms with van der Waals surface area (Å²) >= 11 is 0. The Morgan fingerprint density at radius 2 is 1.82 bits per heavy atom. The number of carbonyl (C=O) groups is 1. The summed E-state index contributed by atoms with van der Waals surface area (Å²) in [4.78, 5) is 11.7. The summed E-state index contributed by atoms with van der Waals surface area (Å²) in [6, 6.07) is 0. The van der Waals surface area contributed by atoms with Crippen LogP contribution in [-0.4, -0.2) is 34.5 Å². The highest BCUT2D eigenvalue weighted by atomic mass is 16.6. The van der Waals surface area contributed by atoms with Crippen LogP contribution in [0.3, 0.4) is 0 Å². The Balaban J connectivity index is 1.76. The SMILES string of the molecule is O=C(O)C1(C2CCC3OC3C2)CCC(O)CC1. The summed E-state index contributed by atoms with van der Waals surface area (Å²) in [6.07, 6.45) is 5.90. The van der Waals surface area contributed by atoms with Crippen molar-refractivity contribution >= 4 is 5.97 Å². The van der Waals surface area contributed by atoms with E-state index in [2.05, 4.69) is 0 Å². The van der Waals surface area contributed by atoms with Gasteiger partial charge in [0.2, 0.25) is 0 Å². The molecule has 4 heteroatoms. The van der Waals surface area contributed by atoms with Gasteiger partial charge in [-0.2, -0.15) is 0 Å². The van der Waals surface area contributed by atoms with Crippen LogP contribution < -0.4 is 0 Å². The van der Waals surface area contributed by atoms with E-state index < -0.39 is 11.4 Å². The molecule has 2 saturated carbocycles. The van der Waals surface area contributed by atoms with Gasteiger partial charge in [0.25, 0.3) is 0 Å². The van der Waals surface area contributed by atoms with Crippen LogP contribution in [0.1, 0.15) is 44.9 Å². The van der Waals surface area contributed by atoms with Gasteiger partial charge >= 0.3 is 5.97 Å². The number of epoxide rings is 1. The Kier molecular flexibility index (Phi) is 2.67. The van der Waals surface area contributed by atoms with Crippen LogP contribution in [0.2, 0.25) is 0 Å². The molecule has 3 aliphatic rings. The topological polar surface area (TPSA) is 70.1 Å². The van der Waals surface area contributed by atoms with Gasteiger partial charge in [0.05, 0.1) is 23.7 Å². The molecule has 1 saturated heterocycles. The van der Waals surface area contributed by atoms with Crippen molar-refractivity contribution in [3.63, 3.8) is 0 Å². The molecule has 17 heavy (non-hydrogen) atoms. The minimum absolute atomic E-state index is 0.247. The summed E-state index contributed by atoms with van der Waals surface area (Å²) < 4.78 is 5.50. The Bertz CT molecular complexity index is 319. The molecule has 96 valence electrons. The van der Waals surface area contributed by atoms with Crippen LogP contribution in [0, 0.1) is 11.3 Å². The maximum Gasteiger partial charge on any atom is 0.309 e. The molecule has 0 aromatic heterocycles. The van der Waals surface area contributed by atoms with Crippen LogP contribution in [0.15, 0.2) is 0 Å². The molecular formula is C13H20O4. The van der Waals surface area contributed by atoms with Crippen LogP contribution >= 0.6 is 0 Å². The number of aliphatic carboxylic acids is 1. The van der Waals surface area contributed by atoms with Crippen molar-refractivity contribution in [1.29, 1.82) is 0 Å². The molecule has 2 N–H and O–H groups in total. The zero-order chi connectivity index (χ0) is 12.0. The molecule has 3 fully saturated rings. The van der Waals surface area contributed by atoms with Gasteiger partial charge in [0.15, 0.2) is 0 Å². The maximum absolute atomic E-state index is 11.7. The molecule has 3 rings (SSSR count). The molecule has 0 spiro atoms. The first kappa shape index (κ1) is 11.5. The predicted molar refractivity (Wildman–Crippen MR) is 60.5 cm³/mol. The average molecular weight is 240 g/mol. The molecule has 1 heterocycles. The summed E-state index contributed by atoms with van der Waals surface area (Å²) in [6.45, 7) is 0. The predicted octanol–water partition coefficient (Wildman–Crippen LogP) is 1.56. The lowest BCUT2D eigenvalue weighted by Gasteiger charge is -2.42. The van der Waals surface area contributed by atoms with Gasteiger partial charge in [0.1, 0.15) is 0 Å². The van der Waals surface area contributed by atoms with Gasteiger partial charge in [-0.3, -0.25) is 4.79 Å². The van der Waals surface area contributed by atoms with Crippen molar-refractivity contribution in [1.82, 2.24) is 0 Å². The molecular weight excluding hydrogens is 220 g/mol. The third kappa shape index (κ3) is 1.87. The van der Waals surface area contributed by atoms with E-state index in [0.717, 1.165) is 19.3 Å². The standard InChI is InChI=1S/C13H20O4/c14-9-3-5-13(6-4-9,12(15)16)8-1-2-10-11(7-8)17-10/h8-11,14H,1-7H2,(H,15,16). The van der Waals surface area contributed by atoms with Gasteiger partial charge in [0, 0.05) is 0 Å². The van der Waals surface area contributed by atoms with Crippen LogP contribution in [0.5, 0.6) is 0 Å². The molecule has 0 radical (unpaired) electrons. The van der Waals surface area contributed by atoms with Crippen molar-refractivity contribution < 1.29 is 19.7 Å². The molecule has 3 atom stereocenters. The maximum atomic E-state index is 11.7. The van der Waals surface area contributed by atoms with Crippen LogP contribution in [-0.2, 0) is 9.53 Å². The number of rotatable bonds is 2. The summed E-state index contributed by atoms with van der Waals surface area (Å²) in [7, 11) is 0. The summed E-state index contributed by atoms with van der Waals surface area (Å²) in [5.74, 6) is -0.412. The van der Waals surface area contributed by atoms with Crippen molar-refractivity contribution in [2.45, 2.75) is 63.3 Å². The Hall–Kier alpha value is -0.610. The molecule has 1 aliphatic heterocycles. The summed E-state index contributed by atoms with van der Waals surface area (Å²) in [5, 5.41) is 19.2. The second kappa shape index (κ2) is 3.95. The van der Waals surface area contributed by atoms with E-state index in [-0.39, 0.29) is 12.0 Å². The highest BCUT2D eigenvalue weighted by Crippen LogP contribution is 2.52. The molecule has 0 amide bonds. The Morgan fingerprint density at radius 3 is 2.41 bits per heavy atom. The second-order valence-corrected chi connectivity index (χ2v) is 5.92. The minimum Gasteiger partial charge on any atom is -0.481 e. The number of carboxylic acids is 1. The van der Waals surface area contributed by atoms with Crippen molar-refractivity contribution in [3.05, 3.63) is 0 Å². The fourth-order valence-electron chi connectivity index (χ4n) is 3.82. The zero-order valence-corrected chi connectivity index (χ0v) is 9.97. The normalized spacial score (nSPS) is 49.5. The fraction of sp³-hybridized carbons (Fsp3) is 0.923. The van der Waals surface area contributed by atoms with Crippen molar-refractivity contribution in [2.75, 3.05) is 0 Å². The van der Waals surface area contributed by atoms with Crippen LogP contribution in [0.4, 0.5) is 0 Å². The fourth-order valence-corrected chi connectivity index (χ4v) is 3.82. The van der Waals surface area contributed by atoms with Gasteiger partial charge in [-0.05, 0) is 50.9 Å². The molecule has 2 aliphatic carbocycles. The van der Waals surface area contributed by atoms with E-state index in [9.17, 15) is 15.0 Å². The Labute approximate surface area is 101 Å². The zero-order valence-electron chi connectivity index (χ0n) is 9.97. The van der Waals surface area contributed by atoms with Gasteiger partial charge in [-0.15, -0.1) is 0 Å². The minimum atomic E-state index is -0.659. The number of hydrogen-bond donors (Lipinski definition) is 2. The smallest absolute Gasteiger partial charge is 0.309 e. The number of aliphatic hydroxyl groups excluding tert-OH is 1. The molecule has 3 unspecified atom stereocenters. The average Bonchev–Trinajstić information content (AvgIpc) is 3.08. The van der Waals surface area contributed by atoms with Gasteiger partial charge in [-0.25, -0.2) is 0 Å². The lowest BCUT2D eigenvalue weighted by Crippen LogP contribution is -2.44. The molecule has 0 aromatic carbocycles. The van der Waals surface area contributed by atoms with E-state index in [1.807, 2.05) is 0 Å². The number of aliphatic hydroxyl groups is 1. The Morgan fingerprint density at radius 1 is 1.12 bits per heavy atom. The largest absolute Gasteiger partial charge is 0.481 e. The lowest BCUT2D eigenvalue weighted by molar-refractivity contribution is -0.158. The van der Waals surface area contributed by atoms with E-state index in [0.29, 0.717) is 37.9 Å². The highest BCUT2D eigenvalue weighted by Gasteiger charge is 2.54. The lowest BCUT2D eigenvalue weighted by atomic mass is 9.61. The summed E-state index contributed by atoms with van der Waals surface area (Å²) in [5.41, 5.74) is -0.587. The first-order chi connectivity index (χ1) is 8.12. The van der Waals surface area contributed by atoms with E-state index in [4.69, 9.17) is 4.74 Å². The number of ether oxygens (including phenoxy) is 1. The third-order valence-electron chi connectivity index (χ3n) is 5.06. The number of fused-ring (bicyclic) bond motifs is 1. The van der Waals surface area contributed by atoms with Gasteiger partial charge < -0.3 is 14.9 Å². The molecule has 0 bridgehead atoms. The first-order valence-electron chi connectivity index (χ1n) is 6.69. The van der Waals surface area contributed by atoms with E-state index in [1.54, 1.807) is 0 Å². The number of hydrogen-bond acceptors (Lipinski definition) is 3. The molecule has 4 nitrogen and oxygen atoms in total. The van der Waals surface area contributed by atoms with Crippen molar-refractivity contribution in [3.8, 4) is 0 Å². The van der Waals surface area contributed by atoms with Gasteiger partial charge in [-0.1, -0.05) is 0 Å². The third-order valence-corrected chi connectivity index (χ3v) is 5.06. The second-order valence-electron chi connectivity index (χ2n) is 5.92. The monoisotopic (exact) mass is 240 g/mol. The van der Waals surface area contributed by atoms with Crippen molar-refractivity contribution in [2.24, 2.45) is 11.3 Å². The molecule has 0 aromatic rings.